The molecule has 0 bridgehead atoms. The molecular formula is C10H21BO3. The van der Waals surface area contributed by atoms with Gasteiger partial charge in [-0.25, -0.2) is 0 Å². The molecule has 0 spiro atoms. The Bertz CT molecular complexity index is 176. The van der Waals surface area contributed by atoms with Crippen LogP contribution in [0.15, 0.2) is 0 Å². The zero-order valence-electron chi connectivity index (χ0n) is 9.67. The Hall–Kier alpha value is -0.0551. The largest absolute Gasteiger partial charge is 0.457 e. The first kappa shape index (κ1) is 12.0. The molecule has 0 unspecified atom stereocenters. The van der Waals surface area contributed by atoms with Gasteiger partial charge < -0.3 is 14.4 Å². The molecule has 1 fully saturated rings. The van der Waals surface area contributed by atoms with E-state index in [9.17, 15) is 0 Å². The maximum Gasteiger partial charge on any atom is 0.457 e. The maximum atomic E-state index is 8.66. The number of rotatable bonds is 4. The normalized spacial score (nSPS) is 24.2. The quantitative estimate of drug-likeness (QED) is 0.556. The molecule has 1 aliphatic rings. The van der Waals surface area contributed by atoms with Crippen LogP contribution in [0.2, 0.25) is 6.32 Å². The van der Waals surface area contributed by atoms with Crippen LogP contribution in [-0.4, -0.2) is 30.0 Å². The monoisotopic (exact) mass is 200 g/mol. The third-order valence-electron chi connectivity index (χ3n) is 3.15. The second-order valence-corrected chi connectivity index (χ2v) is 4.91. The Kier molecular flexibility index (Phi) is 3.61. The molecular weight excluding hydrogens is 179 g/mol. The molecule has 0 aromatic rings. The molecule has 0 radical (unpaired) electrons. The van der Waals surface area contributed by atoms with Gasteiger partial charge in [-0.3, -0.25) is 0 Å². The van der Waals surface area contributed by atoms with Crippen molar-refractivity contribution in [1.29, 1.82) is 0 Å². The molecule has 0 amide bonds. The molecule has 1 heterocycles. The molecule has 14 heavy (non-hydrogen) atoms. The summed E-state index contributed by atoms with van der Waals surface area (Å²) in [6, 6.07) is 0. The first-order valence-corrected chi connectivity index (χ1v) is 5.35. The van der Waals surface area contributed by atoms with Gasteiger partial charge in [0.25, 0.3) is 0 Å². The zero-order valence-corrected chi connectivity index (χ0v) is 9.67. The summed E-state index contributed by atoms with van der Waals surface area (Å²) in [5, 5.41) is 8.66. The first-order valence-electron chi connectivity index (χ1n) is 5.35. The molecule has 0 atom stereocenters. The predicted octanol–water partition coefficient (Wildman–Crippen LogP) is 1.85. The predicted molar refractivity (Wildman–Crippen MR) is 57.2 cm³/mol. The Labute approximate surface area is 86.9 Å². The van der Waals surface area contributed by atoms with E-state index in [0.29, 0.717) is 0 Å². The van der Waals surface area contributed by atoms with Gasteiger partial charge in [-0.1, -0.05) is 6.42 Å². The molecule has 0 aromatic carbocycles. The summed E-state index contributed by atoms with van der Waals surface area (Å²) in [5.74, 6) is 0. The van der Waals surface area contributed by atoms with E-state index in [1.54, 1.807) is 0 Å². The van der Waals surface area contributed by atoms with Crippen LogP contribution in [0, 0.1) is 0 Å². The number of hydrogen-bond donors (Lipinski definition) is 1. The Morgan fingerprint density at radius 1 is 1.00 bits per heavy atom. The summed E-state index contributed by atoms with van der Waals surface area (Å²) in [5.41, 5.74) is -0.451. The highest BCUT2D eigenvalue weighted by atomic mass is 16.7. The van der Waals surface area contributed by atoms with E-state index in [1.165, 1.54) is 0 Å². The van der Waals surface area contributed by atoms with Crippen LogP contribution in [0.5, 0.6) is 0 Å². The summed E-state index contributed by atoms with van der Waals surface area (Å²) in [7, 11) is -0.105. The molecule has 3 nitrogen and oxygen atoms in total. The molecule has 0 aliphatic carbocycles. The smallest absolute Gasteiger partial charge is 0.403 e. The molecule has 1 rings (SSSR count). The second kappa shape index (κ2) is 4.21. The van der Waals surface area contributed by atoms with E-state index in [0.717, 1.165) is 19.2 Å². The molecule has 82 valence electrons. The number of aliphatic hydroxyl groups excluding tert-OH is 1. The van der Waals surface area contributed by atoms with Crippen molar-refractivity contribution in [2.75, 3.05) is 6.61 Å². The molecule has 1 saturated heterocycles. The van der Waals surface area contributed by atoms with E-state index in [4.69, 9.17) is 14.4 Å². The molecule has 0 aromatic heterocycles. The summed E-state index contributed by atoms with van der Waals surface area (Å²) < 4.78 is 11.6. The SMILES string of the molecule is CC1(C)OB(CCCCO)OC1(C)C. The lowest BCUT2D eigenvalue weighted by Crippen LogP contribution is -2.41. The van der Waals surface area contributed by atoms with Crippen molar-refractivity contribution in [2.24, 2.45) is 0 Å². The minimum atomic E-state index is -0.225. The number of unbranched alkanes of at least 4 members (excludes halogenated alkanes) is 1. The topological polar surface area (TPSA) is 38.7 Å². The zero-order chi connectivity index (χ0) is 10.8. The lowest BCUT2D eigenvalue weighted by atomic mass is 9.82. The standard InChI is InChI=1S/C10H21BO3/c1-9(2)10(3,4)14-11(13-9)7-5-6-8-12/h12H,5-8H2,1-4H3. The van der Waals surface area contributed by atoms with Crippen molar-refractivity contribution >= 4 is 7.12 Å². The van der Waals surface area contributed by atoms with Crippen molar-refractivity contribution in [3.8, 4) is 0 Å². The van der Waals surface area contributed by atoms with Gasteiger partial charge in [0, 0.05) is 6.61 Å². The minimum Gasteiger partial charge on any atom is -0.403 e. The third-order valence-corrected chi connectivity index (χ3v) is 3.15. The van der Waals surface area contributed by atoms with Crippen molar-refractivity contribution in [3.05, 3.63) is 0 Å². The maximum absolute atomic E-state index is 8.66. The van der Waals surface area contributed by atoms with Crippen molar-refractivity contribution in [2.45, 2.75) is 58.1 Å². The van der Waals surface area contributed by atoms with Crippen LogP contribution in [-0.2, 0) is 9.31 Å². The summed E-state index contributed by atoms with van der Waals surface area (Å²) in [6.45, 7) is 8.47. The van der Waals surface area contributed by atoms with Gasteiger partial charge in [-0.05, 0) is 40.4 Å². The Morgan fingerprint density at radius 2 is 1.50 bits per heavy atom. The van der Waals surface area contributed by atoms with Gasteiger partial charge in [0.1, 0.15) is 0 Å². The van der Waals surface area contributed by atoms with Crippen molar-refractivity contribution < 1.29 is 14.4 Å². The van der Waals surface area contributed by atoms with Gasteiger partial charge in [0.05, 0.1) is 11.2 Å². The fourth-order valence-electron chi connectivity index (χ4n) is 1.51. The van der Waals surface area contributed by atoms with Crippen molar-refractivity contribution in [3.63, 3.8) is 0 Å². The van der Waals surface area contributed by atoms with E-state index in [2.05, 4.69) is 27.7 Å². The summed E-state index contributed by atoms with van der Waals surface area (Å²) in [6.07, 6.45) is 2.64. The van der Waals surface area contributed by atoms with Gasteiger partial charge >= 0.3 is 7.12 Å². The van der Waals surface area contributed by atoms with Crippen LogP contribution < -0.4 is 0 Å². The minimum absolute atomic E-state index is 0.105. The molecule has 4 heteroatoms. The van der Waals surface area contributed by atoms with Crippen LogP contribution in [0.3, 0.4) is 0 Å². The van der Waals surface area contributed by atoms with Crippen LogP contribution >= 0.6 is 0 Å². The highest BCUT2D eigenvalue weighted by Gasteiger charge is 2.50. The number of aliphatic hydroxyl groups is 1. The molecule has 1 aliphatic heterocycles. The second-order valence-electron chi connectivity index (χ2n) is 4.91. The number of hydrogen-bond acceptors (Lipinski definition) is 3. The highest BCUT2D eigenvalue weighted by molar-refractivity contribution is 6.45. The van der Waals surface area contributed by atoms with E-state index >= 15 is 0 Å². The Morgan fingerprint density at radius 3 is 1.93 bits per heavy atom. The lowest BCUT2D eigenvalue weighted by Gasteiger charge is -2.32. The van der Waals surface area contributed by atoms with Crippen LogP contribution in [0.4, 0.5) is 0 Å². The third kappa shape index (κ3) is 2.50. The van der Waals surface area contributed by atoms with Gasteiger partial charge in [-0.2, -0.15) is 0 Å². The van der Waals surface area contributed by atoms with E-state index in [-0.39, 0.29) is 24.9 Å². The Balaban J connectivity index is 2.39. The van der Waals surface area contributed by atoms with Gasteiger partial charge in [0.15, 0.2) is 0 Å². The summed E-state index contributed by atoms with van der Waals surface area (Å²) in [4.78, 5) is 0. The fourth-order valence-corrected chi connectivity index (χ4v) is 1.51. The fraction of sp³-hybridized carbons (Fsp3) is 1.00. The van der Waals surface area contributed by atoms with Gasteiger partial charge in [-0.15, -0.1) is 0 Å². The first-order chi connectivity index (χ1) is 6.39. The average molecular weight is 200 g/mol. The van der Waals surface area contributed by atoms with Crippen molar-refractivity contribution in [1.82, 2.24) is 0 Å². The average Bonchev–Trinajstić information content (AvgIpc) is 2.21. The summed E-state index contributed by atoms with van der Waals surface area (Å²) >= 11 is 0. The van der Waals surface area contributed by atoms with E-state index < -0.39 is 0 Å². The van der Waals surface area contributed by atoms with Crippen LogP contribution in [0.1, 0.15) is 40.5 Å². The van der Waals surface area contributed by atoms with Gasteiger partial charge in [0.2, 0.25) is 0 Å². The molecule has 0 saturated carbocycles. The van der Waals surface area contributed by atoms with E-state index in [1.807, 2.05) is 0 Å². The van der Waals surface area contributed by atoms with Crippen LogP contribution in [0.25, 0.3) is 0 Å². The lowest BCUT2D eigenvalue weighted by molar-refractivity contribution is 0.00578. The highest BCUT2D eigenvalue weighted by Crippen LogP contribution is 2.37. The molecule has 1 N–H and O–H groups in total.